The van der Waals surface area contributed by atoms with Crippen molar-refractivity contribution in [3.63, 3.8) is 0 Å². The second kappa shape index (κ2) is 12.5. The smallest absolute Gasteiger partial charge is 0.311 e. The molecule has 1 N–H and O–H groups in total. The molecule has 4 heteroatoms. The number of esters is 1. The summed E-state index contributed by atoms with van der Waals surface area (Å²) in [6.07, 6.45) is 17.4. The number of cyclic esters (lactones) is 1. The maximum Gasteiger partial charge on any atom is 0.311 e. The zero-order valence-electron chi connectivity index (χ0n) is 18.2. The molecule has 160 valence electrons. The molecule has 29 heavy (non-hydrogen) atoms. The maximum absolute atomic E-state index is 11.8. The second-order valence-electron chi connectivity index (χ2n) is 8.21. The van der Waals surface area contributed by atoms with Crippen LogP contribution < -0.4 is 0 Å². The number of aliphatic hydroxyl groups excluding tert-OH is 1. The van der Waals surface area contributed by atoms with Crippen LogP contribution in [0.3, 0.4) is 0 Å². The molecule has 0 bridgehead atoms. The van der Waals surface area contributed by atoms with Gasteiger partial charge in [0.2, 0.25) is 0 Å². The van der Waals surface area contributed by atoms with Crippen LogP contribution in [0.4, 0.5) is 0 Å². The van der Waals surface area contributed by atoms with E-state index >= 15 is 0 Å². The second-order valence-corrected chi connectivity index (χ2v) is 8.21. The van der Waals surface area contributed by atoms with E-state index in [0.29, 0.717) is 13.0 Å². The number of allylic oxidation sites excluding steroid dienone is 5. The number of furan rings is 1. The summed E-state index contributed by atoms with van der Waals surface area (Å²) in [5.41, 5.74) is 5.20. The molecule has 2 atom stereocenters. The van der Waals surface area contributed by atoms with Gasteiger partial charge < -0.3 is 14.3 Å². The average molecular weight is 401 g/mol. The van der Waals surface area contributed by atoms with Crippen LogP contribution in [-0.4, -0.2) is 23.8 Å². The van der Waals surface area contributed by atoms with Gasteiger partial charge in [0.1, 0.15) is 6.61 Å². The van der Waals surface area contributed by atoms with E-state index in [-0.39, 0.29) is 5.97 Å². The lowest BCUT2D eigenvalue weighted by molar-refractivity contribution is -0.151. The molecule has 2 rings (SSSR count). The van der Waals surface area contributed by atoms with E-state index in [1.807, 2.05) is 12.3 Å². The third-order valence-corrected chi connectivity index (χ3v) is 5.62. The van der Waals surface area contributed by atoms with Gasteiger partial charge in [-0.15, -0.1) is 0 Å². The molecule has 0 radical (unpaired) electrons. The van der Waals surface area contributed by atoms with Gasteiger partial charge in [0, 0.05) is 0 Å². The molecule has 1 aromatic heterocycles. The Morgan fingerprint density at radius 2 is 1.90 bits per heavy atom. The van der Waals surface area contributed by atoms with Crippen molar-refractivity contribution in [3.8, 4) is 0 Å². The summed E-state index contributed by atoms with van der Waals surface area (Å²) in [6.45, 7) is 6.47. The number of aryl methyl sites for hydroxylation is 1. The molecule has 0 aromatic carbocycles. The van der Waals surface area contributed by atoms with Gasteiger partial charge in [-0.2, -0.15) is 0 Å². The Balaban J connectivity index is 1.67. The molecule has 0 amide bonds. The summed E-state index contributed by atoms with van der Waals surface area (Å²) in [7, 11) is 0. The van der Waals surface area contributed by atoms with Gasteiger partial charge in [-0.25, -0.2) is 0 Å². The van der Waals surface area contributed by atoms with Gasteiger partial charge >= 0.3 is 5.97 Å². The van der Waals surface area contributed by atoms with E-state index in [1.165, 1.54) is 16.7 Å². The van der Waals surface area contributed by atoms with Crippen LogP contribution in [0.5, 0.6) is 0 Å². The van der Waals surface area contributed by atoms with Crippen LogP contribution >= 0.6 is 0 Å². The van der Waals surface area contributed by atoms with Gasteiger partial charge in [0.05, 0.1) is 24.5 Å². The summed E-state index contributed by atoms with van der Waals surface area (Å²) in [5, 5.41) is 9.98. The normalized spacial score (nSPS) is 23.0. The van der Waals surface area contributed by atoms with Crippen molar-refractivity contribution in [2.75, 3.05) is 6.61 Å². The number of rotatable bonds is 9. The van der Waals surface area contributed by atoms with Crippen LogP contribution in [0.2, 0.25) is 0 Å². The Bertz CT molecular complexity index is 709. The first-order valence-corrected chi connectivity index (χ1v) is 10.8. The predicted octanol–water partition coefficient (Wildman–Crippen LogP) is 5.93. The topological polar surface area (TPSA) is 59.7 Å². The molecule has 1 aromatic rings. The van der Waals surface area contributed by atoms with E-state index in [0.717, 1.165) is 50.5 Å². The molecule has 1 aliphatic heterocycles. The molecule has 0 saturated carbocycles. The largest absolute Gasteiger partial charge is 0.472 e. The van der Waals surface area contributed by atoms with Gasteiger partial charge in [-0.1, -0.05) is 29.4 Å². The van der Waals surface area contributed by atoms with Crippen LogP contribution in [-0.2, 0) is 16.0 Å². The minimum atomic E-state index is -0.608. The molecule has 1 saturated heterocycles. The first-order valence-electron chi connectivity index (χ1n) is 10.8. The van der Waals surface area contributed by atoms with Gasteiger partial charge in [-0.3, -0.25) is 4.79 Å². The minimum absolute atomic E-state index is 0.299. The van der Waals surface area contributed by atoms with Crippen molar-refractivity contribution in [1.82, 2.24) is 0 Å². The first kappa shape index (κ1) is 23.2. The lowest BCUT2D eigenvalue weighted by Crippen LogP contribution is -2.30. The van der Waals surface area contributed by atoms with Crippen molar-refractivity contribution < 1.29 is 19.1 Å². The standard InChI is InChI=1S/C25H36O4/c1-19(7-4-8-20(2)10-6-12-23-15-16-28-17-23)9-5-11-22-13-14-24(26)21(3)25(27)29-18-22/h7,10-11,15-17,21,24,26H,4-6,8-9,12-14,18H2,1-3H3. The van der Waals surface area contributed by atoms with Crippen LogP contribution in [0.15, 0.2) is 58.0 Å². The molecular weight excluding hydrogens is 364 g/mol. The Morgan fingerprint density at radius 3 is 2.62 bits per heavy atom. The molecule has 1 fully saturated rings. The maximum atomic E-state index is 11.8. The van der Waals surface area contributed by atoms with E-state index in [4.69, 9.17) is 9.15 Å². The highest BCUT2D eigenvalue weighted by Crippen LogP contribution is 2.20. The molecule has 2 heterocycles. The number of hydrogen-bond donors (Lipinski definition) is 1. The van der Waals surface area contributed by atoms with Gasteiger partial charge in [-0.05, 0) is 89.3 Å². The number of carbonyl (C=O) groups is 1. The lowest BCUT2D eigenvalue weighted by atomic mass is 9.96. The van der Waals surface area contributed by atoms with E-state index < -0.39 is 12.0 Å². The minimum Gasteiger partial charge on any atom is -0.472 e. The average Bonchev–Trinajstić information content (AvgIpc) is 3.21. The van der Waals surface area contributed by atoms with Crippen molar-refractivity contribution in [1.29, 1.82) is 0 Å². The summed E-state index contributed by atoms with van der Waals surface area (Å²) in [6, 6.07) is 2.02. The fraction of sp³-hybridized carbons (Fsp3) is 0.560. The fourth-order valence-electron chi connectivity index (χ4n) is 3.44. The van der Waals surface area contributed by atoms with Crippen molar-refractivity contribution >= 4 is 5.97 Å². The Morgan fingerprint density at radius 1 is 1.17 bits per heavy atom. The summed E-state index contributed by atoms with van der Waals surface area (Å²) < 4.78 is 10.4. The molecule has 4 nitrogen and oxygen atoms in total. The van der Waals surface area contributed by atoms with Crippen LogP contribution in [0.1, 0.15) is 71.3 Å². The highest BCUT2D eigenvalue weighted by Gasteiger charge is 2.25. The van der Waals surface area contributed by atoms with Gasteiger partial charge in [0.25, 0.3) is 0 Å². The van der Waals surface area contributed by atoms with Crippen LogP contribution in [0, 0.1) is 5.92 Å². The lowest BCUT2D eigenvalue weighted by Gasteiger charge is -2.22. The quantitative estimate of drug-likeness (QED) is 0.412. The number of ether oxygens (including phenoxy) is 1. The van der Waals surface area contributed by atoms with E-state index in [1.54, 1.807) is 13.2 Å². The highest BCUT2D eigenvalue weighted by atomic mass is 16.5. The number of carbonyl (C=O) groups excluding carboxylic acids is 1. The first-order chi connectivity index (χ1) is 14.0. The fourth-order valence-corrected chi connectivity index (χ4v) is 3.44. The Kier molecular flexibility index (Phi) is 9.99. The van der Waals surface area contributed by atoms with Crippen molar-refractivity contribution in [2.24, 2.45) is 5.92 Å². The van der Waals surface area contributed by atoms with E-state index in [9.17, 15) is 9.90 Å². The summed E-state index contributed by atoms with van der Waals surface area (Å²) >= 11 is 0. The Hall–Kier alpha value is -2.07. The summed E-state index contributed by atoms with van der Waals surface area (Å²) in [4.78, 5) is 11.8. The van der Waals surface area contributed by atoms with Crippen LogP contribution in [0.25, 0.3) is 0 Å². The molecular formula is C25H36O4. The summed E-state index contributed by atoms with van der Waals surface area (Å²) in [5.74, 6) is -0.725. The monoisotopic (exact) mass is 400 g/mol. The van der Waals surface area contributed by atoms with E-state index in [2.05, 4.69) is 32.1 Å². The molecule has 0 spiro atoms. The third-order valence-electron chi connectivity index (χ3n) is 5.62. The van der Waals surface area contributed by atoms with Crippen molar-refractivity contribution in [2.45, 2.75) is 78.2 Å². The third kappa shape index (κ3) is 8.86. The number of hydrogen-bond acceptors (Lipinski definition) is 4. The van der Waals surface area contributed by atoms with Gasteiger partial charge in [0.15, 0.2) is 0 Å². The zero-order valence-corrected chi connectivity index (χ0v) is 18.2. The number of aliphatic hydroxyl groups is 1. The molecule has 0 aliphatic carbocycles. The SMILES string of the molecule is CC(=CCCC(C)=CCCc1ccoc1)CCC=C1CCC(O)C(C)C(=O)OC1. The predicted molar refractivity (Wildman–Crippen MR) is 116 cm³/mol. The molecule has 1 aliphatic rings. The Labute approximate surface area is 175 Å². The highest BCUT2D eigenvalue weighted by molar-refractivity contribution is 5.73. The zero-order chi connectivity index (χ0) is 21.1. The van der Waals surface area contributed by atoms with Crippen molar-refractivity contribution in [3.05, 3.63) is 59.1 Å². The molecule has 2 unspecified atom stereocenters.